The molecule has 4 nitrogen and oxygen atoms in total. The molecule has 0 aliphatic heterocycles. The van der Waals surface area contributed by atoms with Crippen LogP contribution in [0.5, 0.6) is 0 Å². The molecule has 19 heavy (non-hydrogen) atoms. The van der Waals surface area contributed by atoms with Gasteiger partial charge in [0.2, 0.25) is 0 Å². The minimum atomic E-state index is -1.02. The van der Waals surface area contributed by atoms with Crippen LogP contribution in [0.2, 0.25) is 0 Å². The van der Waals surface area contributed by atoms with Gasteiger partial charge in [0, 0.05) is 16.3 Å². The number of aromatic nitrogens is 1. The maximum atomic E-state index is 11.0. The molecule has 1 heterocycles. The van der Waals surface area contributed by atoms with Gasteiger partial charge in [0.1, 0.15) is 5.03 Å². The minimum Gasteiger partial charge on any atom is -0.478 e. The fraction of sp³-hybridized carbons (Fsp3) is 0.143. The Balaban J connectivity index is 2.33. The summed E-state index contributed by atoms with van der Waals surface area (Å²) in [7, 11) is 0. The molecule has 98 valence electrons. The predicted molar refractivity (Wildman–Crippen MR) is 75.6 cm³/mol. The Hall–Kier alpha value is -2.01. The highest BCUT2D eigenvalue weighted by Crippen LogP contribution is 2.29. The van der Waals surface area contributed by atoms with Crippen LogP contribution in [-0.2, 0) is 0 Å². The second-order valence-electron chi connectivity index (χ2n) is 4.28. The molecule has 0 aliphatic carbocycles. The summed E-state index contributed by atoms with van der Waals surface area (Å²) in [6.45, 7) is 3.94. The number of carboxylic acid groups (broad SMARTS) is 1. The first kappa shape index (κ1) is 13.4. The minimum absolute atomic E-state index is 0.120. The molecule has 2 aromatic rings. The average Bonchev–Trinajstić information content (AvgIpc) is 2.30. The number of nitrogens with zero attached hydrogens (tertiary/aromatic N) is 1. The molecule has 0 amide bonds. The molecule has 0 unspecified atom stereocenters. The SMILES string of the molecule is Cc1cc(C)nc(Sc2ccc(N)c(C(=O)O)c2)c1. The highest BCUT2D eigenvalue weighted by molar-refractivity contribution is 7.99. The van der Waals surface area contributed by atoms with Crippen LogP contribution in [0.1, 0.15) is 21.6 Å². The summed E-state index contributed by atoms with van der Waals surface area (Å²) >= 11 is 1.43. The van der Waals surface area contributed by atoms with Crippen LogP contribution in [0.15, 0.2) is 40.3 Å². The number of hydrogen-bond acceptors (Lipinski definition) is 4. The van der Waals surface area contributed by atoms with E-state index in [1.54, 1.807) is 18.2 Å². The van der Waals surface area contributed by atoms with Gasteiger partial charge < -0.3 is 10.8 Å². The fourth-order valence-corrected chi connectivity index (χ4v) is 2.75. The molecule has 0 bridgehead atoms. The van der Waals surface area contributed by atoms with Gasteiger partial charge in [-0.25, -0.2) is 9.78 Å². The van der Waals surface area contributed by atoms with E-state index in [4.69, 9.17) is 10.8 Å². The van der Waals surface area contributed by atoms with Crippen molar-refractivity contribution in [2.75, 3.05) is 5.73 Å². The van der Waals surface area contributed by atoms with Gasteiger partial charge >= 0.3 is 5.97 Å². The Labute approximate surface area is 115 Å². The van der Waals surface area contributed by atoms with Crippen LogP contribution < -0.4 is 5.73 Å². The number of anilines is 1. The normalized spacial score (nSPS) is 10.4. The van der Waals surface area contributed by atoms with Crippen molar-refractivity contribution in [2.24, 2.45) is 0 Å². The topological polar surface area (TPSA) is 76.2 Å². The van der Waals surface area contributed by atoms with Gasteiger partial charge in [0.05, 0.1) is 5.56 Å². The second kappa shape index (κ2) is 5.32. The van der Waals surface area contributed by atoms with Crippen molar-refractivity contribution in [2.45, 2.75) is 23.8 Å². The summed E-state index contributed by atoms with van der Waals surface area (Å²) in [6, 6.07) is 8.94. The number of benzene rings is 1. The number of aromatic carboxylic acids is 1. The molecule has 0 spiro atoms. The number of carbonyl (C=O) groups is 1. The number of nitrogens with two attached hydrogens (primary N) is 1. The average molecular weight is 274 g/mol. The van der Waals surface area contributed by atoms with Crippen LogP contribution >= 0.6 is 11.8 Å². The van der Waals surface area contributed by atoms with Crippen molar-refractivity contribution < 1.29 is 9.90 Å². The standard InChI is InChI=1S/C14H14N2O2S/c1-8-5-9(2)16-13(6-8)19-10-3-4-12(15)11(7-10)14(17)18/h3-7H,15H2,1-2H3,(H,17,18). The molecule has 0 saturated carbocycles. The van der Waals surface area contributed by atoms with E-state index in [0.29, 0.717) is 0 Å². The lowest BCUT2D eigenvalue weighted by Gasteiger charge is -2.06. The number of rotatable bonds is 3. The smallest absolute Gasteiger partial charge is 0.337 e. The molecular weight excluding hydrogens is 260 g/mol. The molecule has 0 atom stereocenters. The zero-order chi connectivity index (χ0) is 14.0. The van der Waals surface area contributed by atoms with E-state index in [0.717, 1.165) is 21.2 Å². The van der Waals surface area contributed by atoms with Gasteiger partial charge in [-0.05, 0) is 49.7 Å². The van der Waals surface area contributed by atoms with E-state index < -0.39 is 5.97 Å². The lowest BCUT2D eigenvalue weighted by atomic mass is 10.2. The lowest BCUT2D eigenvalue weighted by Crippen LogP contribution is -2.02. The zero-order valence-electron chi connectivity index (χ0n) is 10.7. The molecule has 0 aliphatic rings. The van der Waals surface area contributed by atoms with Crippen molar-refractivity contribution in [3.63, 3.8) is 0 Å². The summed E-state index contributed by atoms with van der Waals surface area (Å²) in [5.74, 6) is -1.02. The Kier molecular flexibility index (Phi) is 3.76. The third-order valence-electron chi connectivity index (χ3n) is 2.55. The first-order valence-corrected chi connectivity index (χ1v) is 6.53. The lowest BCUT2D eigenvalue weighted by molar-refractivity contribution is 0.0698. The molecule has 3 N–H and O–H groups in total. The Morgan fingerprint density at radius 2 is 2.00 bits per heavy atom. The van der Waals surface area contributed by atoms with Gasteiger partial charge in [-0.2, -0.15) is 0 Å². The summed E-state index contributed by atoms with van der Waals surface area (Å²) < 4.78 is 0. The summed E-state index contributed by atoms with van der Waals surface area (Å²) in [5, 5.41) is 9.89. The van der Waals surface area contributed by atoms with Gasteiger partial charge in [0.15, 0.2) is 0 Å². The van der Waals surface area contributed by atoms with E-state index in [2.05, 4.69) is 4.98 Å². The number of pyridine rings is 1. The van der Waals surface area contributed by atoms with Crippen LogP contribution in [0.4, 0.5) is 5.69 Å². The maximum absolute atomic E-state index is 11.0. The van der Waals surface area contributed by atoms with Crippen molar-refractivity contribution in [1.82, 2.24) is 4.98 Å². The van der Waals surface area contributed by atoms with E-state index in [1.807, 2.05) is 26.0 Å². The Morgan fingerprint density at radius 3 is 2.63 bits per heavy atom. The van der Waals surface area contributed by atoms with Crippen molar-refractivity contribution in [1.29, 1.82) is 0 Å². The van der Waals surface area contributed by atoms with Crippen molar-refractivity contribution in [3.05, 3.63) is 47.2 Å². The van der Waals surface area contributed by atoms with E-state index in [9.17, 15) is 4.79 Å². The third-order valence-corrected chi connectivity index (χ3v) is 3.46. The number of aryl methyl sites for hydroxylation is 2. The van der Waals surface area contributed by atoms with Gasteiger partial charge in [-0.15, -0.1) is 0 Å². The van der Waals surface area contributed by atoms with Crippen molar-refractivity contribution in [3.8, 4) is 0 Å². The summed E-state index contributed by atoms with van der Waals surface area (Å²) in [6.07, 6.45) is 0. The van der Waals surface area contributed by atoms with E-state index in [1.165, 1.54) is 11.8 Å². The van der Waals surface area contributed by atoms with Crippen molar-refractivity contribution >= 4 is 23.4 Å². The first-order chi connectivity index (χ1) is 8.95. The van der Waals surface area contributed by atoms with E-state index in [-0.39, 0.29) is 11.3 Å². The third kappa shape index (κ3) is 3.26. The molecule has 0 saturated heterocycles. The second-order valence-corrected chi connectivity index (χ2v) is 5.37. The van der Waals surface area contributed by atoms with Gasteiger partial charge in [-0.3, -0.25) is 0 Å². The molecule has 5 heteroatoms. The van der Waals surface area contributed by atoms with Crippen LogP contribution in [0, 0.1) is 13.8 Å². The summed E-state index contributed by atoms with van der Waals surface area (Å²) in [5.41, 5.74) is 8.08. The van der Waals surface area contributed by atoms with Crippen LogP contribution in [-0.4, -0.2) is 16.1 Å². The van der Waals surface area contributed by atoms with Crippen LogP contribution in [0.25, 0.3) is 0 Å². The van der Waals surface area contributed by atoms with E-state index >= 15 is 0 Å². The van der Waals surface area contributed by atoms with Crippen LogP contribution in [0.3, 0.4) is 0 Å². The molecule has 1 aromatic carbocycles. The highest BCUT2D eigenvalue weighted by Gasteiger charge is 2.10. The maximum Gasteiger partial charge on any atom is 0.337 e. The van der Waals surface area contributed by atoms with Gasteiger partial charge in [0.25, 0.3) is 0 Å². The zero-order valence-corrected chi connectivity index (χ0v) is 11.5. The summed E-state index contributed by atoms with van der Waals surface area (Å²) in [4.78, 5) is 16.2. The molecule has 2 rings (SSSR count). The fourth-order valence-electron chi connectivity index (χ4n) is 1.76. The predicted octanol–water partition coefficient (Wildman–Crippen LogP) is 3.13. The van der Waals surface area contributed by atoms with Gasteiger partial charge in [-0.1, -0.05) is 11.8 Å². The first-order valence-electron chi connectivity index (χ1n) is 5.71. The number of carboxylic acids is 1. The Bertz CT molecular complexity index is 621. The number of hydrogen-bond donors (Lipinski definition) is 2. The largest absolute Gasteiger partial charge is 0.478 e. The molecule has 1 aromatic heterocycles. The molecular formula is C14H14N2O2S. The monoisotopic (exact) mass is 274 g/mol. The highest BCUT2D eigenvalue weighted by atomic mass is 32.2. The Morgan fingerprint density at radius 1 is 1.26 bits per heavy atom. The quantitative estimate of drug-likeness (QED) is 0.841. The molecule has 0 radical (unpaired) electrons. The molecule has 0 fully saturated rings. The number of nitrogen functional groups attached to an aromatic ring is 1.